The molecule has 1 N–H and O–H groups in total. The fourth-order valence-electron chi connectivity index (χ4n) is 3.30. The minimum atomic E-state index is -3.37. The molecule has 6 heteroatoms. The third kappa shape index (κ3) is 3.57. The summed E-state index contributed by atoms with van der Waals surface area (Å²) < 4.78 is 27.3. The second kappa shape index (κ2) is 6.96. The van der Waals surface area contributed by atoms with Gasteiger partial charge in [0, 0.05) is 22.8 Å². The maximum atomic E-state index is 12.9. The van der Waals surface area contributed by atoms with Crippen LogP contribution in [-0.2, 0) is 23.1 Å². The molecule has 2 heterocycles. The van der Waals surface area contributed by atoms with E-state index in [2.05, 4.69) is 0 Å². The van der Waals surface area contributed by atoms with Crippen molar-refractivity contribution in [3.05, 3.63) is 51.2 Å². The van der Waals surface area contributed by atoms with E-state index in [-0.39, 0.29) is 6.61 Å². The van der Waals surface area contributed by atoms with Gasteiger partial charge in [-0.3, -0.25) is 0 Å². The van der Waals surface area contributed by atoms with Crippen molar-refractivity contribution in [2.45, 2.75) is 38.2 Å². The SMILES string of the molecule is Cc1cc(S(=O)(=O)N2CC[C@H](Cc3ccc(CO)cc3)C2)c(C)s1. The van der Waals surface area contributed by atoms with Crippen molar-refractivity contribution in [3.63, 3.8) is 0 Å². The maximum absolute atomic E-state index is 12.9. The van der Waals surface area contributed by atoms with E-state index in [1.165, 1.54) is 16.9 Å². The minimum Gasteiger partial charge on any atom is -0.392 e. The van der Waals surface area contributed by atoms with Crippen LogP contribution in [0.2, 0.25) is 0 Å². The molecule has 3 rings (SSSR count). The molecule has 0 radical (unpaired) electrons. The van der Waals surface area contributed by atoms with Crippen LogP contribution in [0.4, 0.5) is 0 Å². The fraction of sp³-hybridized carbons (Fsp3) is 0.444. The predicted molar refractivity (Wildman–Crippen MR) is 96.7 cm³/mol. The van der Waals surface area contributed by atoms with Crippen LogP contribution in [-0.4, -0.2) is 30.9 Å². The summed E-state index contributed by atoms with van der Waals surface area (Å²) in [5.41, 5.74) is 2.09. The van der Waals surface area contributed by atoms with Gasteiger partial charge in [-0.15, -0.1) is 11.3 Å². The number of benzene rings is 1. The fourth-order valence-corrected chi connectivity index (χ4v) is 6.35. The molecule has 0 spiro atoms. The van der Waals surface area contributed by atoms with Gasteiger partial charge in [0.2, 0.25) is 10.0 Å². The standard InChI is InChI=1S/C18H23NO3S2/c1-13-9-18(14(2)23-13)24(21,22)19-8-7-17(11-19)10-15-3-5-16(12-20)6-4-15/h3-6,9,17,20H,7-8,10-12H2,1-2H3/t17-/m1/s1. The van der Waals surface area contributed by atoms with Crippen LogP contribution < -0.4 is 0 Å². The molecule has 24 heavy (non-hydrogen) atoms. The molecule has 0 aliphatic carbocycles. The summed E-state index contributed by atoms with van der Waals surface area (Å²) in [5.74, 6) is 0.347. The molecule has 0 amide bonds. The lowest BCUT2D eigenvalue weighted by atomic mass is 9.98. The molecule has 1 aromatic carbocycles. The second-order valence-corrected chi connectivity index (χ2v) is 9.84. The van der Waals surface area contributed by atoms with Gasteiger partial charge in [0.15, 0.2) is 0 Å². The molecule has 1 saturated heterocycles. The summed E-state index contributed by atoms with van der Waals surface area (Å²) in [6.07, 6.45) is 1.77. The van der Waals surface area contributed by atoms with E-state index in [1.54, 1.807) is 10.4 Å². The Morgan fingerprint density at radius 2 is 1.88 bits per heavy atom. The Kier molecular flexibility index (Phi) is 5.11. The molecule has 130 valence electrons. The number of aryl methyl sites for hydroxylation is 2. The summed E-state index contributed by atoms with van der Waals surface area (Å²) in [5, 5.41) is 9.10. The molecule has 0 unspecified atom stereocenters. The molecule has 1 fully saturated rings. The van der Waals surface area contributed by atoms with Gasteiger partial charge in [0.25, 0.3) is 0 Å². The van der Waals surface area contributed by atoms with E-state index in [4.69, 9.17) is 5.11 Å². The number of hydrogen-bond acceptors (Lipinski definition) is 4. The van der Waals surface area contributed by atoms with Crippen molar-refractivity contribution < 1.29 is 13.5 Å². The van der Waals surface area contributed by atoms with Crippen molar-refractivity contribution in [2.24, 2.45) is 5.92 Å². The maximum Gasteiger partial charge on any atom is 0.244 e. The van der Waals surface area contributed by atoms with Crippen LogP contribution in [0, 0.1) is 19.8 Å². The molecule has 0 bridgehead atoms. The first-order valence-electron chi connectivity index (χ1n) is 8.16. The molecule has 1 aliphatic rings. The van der Waals surface area contributed by atoms with Crippen molar-refractivity contribution in [1.29, 1.82) is 0 Å². The van der Waals surface area contributed by atoms with E-state index in [1.807, 2.05) is 38.1 Å². The summed E-state index contributed by atoms with van der Waals surface area (Å²) in [4.78, 5) is 2.37. The van der Waals surface area contributed by atoms with Crippen LogP contribution >= 0.6 is 11.3 Å². The van der Waals surface area contributed by atoms with Crippen molar-refractivity contribution >= 4 is 21.4 Å². The predicted octanol–water partition coefficient (Wildman–Crippen LogP) is 3.11. The zero-order valence-corrected chi connectivity index (χ0v) is 15.7. The molecular formula is C18H23NO3S2. The van der Waals surface area contributed by atoms with Gasteiger partial charge >= 0.3 is 0 Å². The van der Waals surface area contributed by atoms with Crippen molar-refractivity contribution in [1.82, 2.24) is 4.31 Å². The Hall–Kier alpha value is -1.21. The van der Waals surface area contributed by atoms with Gasteiger partial charge in [-0.1, -0.05) is 24.3 Å². The number of rotatable bonds is 5. The van der Waals surface area contributed by atoms with Crippen molar-refractivity contribution in [3.8, 4) is 0 Å². The molecule has 1 aromatic heterocycles. The van der Waals surface area contributed by atoms with Gasteiger partial charge in [-0.25, -0.2) is 8.42 Å². The summed E-state index contributed by atoms with van der Waals surface area (Å²) in [6.45, 7) is 5.05. The van der Waals surface area contributed by atoms with Gasteiger partial charge < -0.3 is 5.11 Å². The Balaban J connectivity index is 1.69. The number of sulfonamides is 1. The lowest BCUT2D eigenvalue weighted by Crippen LogP contribution is -2.29. The number of thiophene rings is 1. The third-order valence-corrected chi connectivity index (χ3v) is 7.68. The van der Waals surface area contributed by atoms with E-state index < -0.39 is 10.0 Å². The number of hydrogen-bond donors (Lipinski definition) is 1. The molecule has 1 aliphatic heterocycles. The van der Waals surface area contributed by atoms with Gasteiger partial charge in [0.05, 0.1) is 11.5 Å². The highest BCUT2D eigenvalue weighted by Crippen LogP contribution is 2.31. The Labute approximate surface area is 147 Å². The van der Waals surface area contributed by atoms with Gasteiger partial charge in [-0.05, 0) is 49.8 Å². The molecule has 1 atom stereocenters. The Bertz CT molecular complexity index is 809. The molecule has 0 saturated carbocycles. The highest BCUT2D eigenvalue weighted by molar-refractivity contribution is 7.89. The number of aliphatic hydroxyl groups is 1. The van der Waals surface area contributed by atoms with Gasteiger partial charge in [-0.2, -0.15) is 4.31 Å². The number of aliphatic hydroxyl groups excluding tert-OH is 1. The highest BCUT2D eigenvalue weighted by Gasteiger charge is 2.33. The summed E-state index contributed by atoms with van der Waals surface area (Å²) >= 11 is 1.54. The van der Waals surface area contributed by atoms with Crippen LogP contribution in [0.1, 0.15) is 27.3 Å². The average molecular weight is 366 g/mol. The third-order valence-electron chi connectivity index (χ3n) is 4.59. The quantitative estimate of drug-likeness (QED) is 0.886. The Morgan fingerprint density at radius 1 is 1.21 bits per heavy atom. The molecule has 4 nitrogen and oxygen atoms in total. The number of nitrogens with zero attached hydrogens (tertiary/aromatic N) is 1. The van der Waals surface area contributed by atoms with E-state index >= 15 is 0 Å². The topological polar surface area (TPSA) is 57.6 Å². The first-order chi connectivity index (χ1) is 11.4. The van der Waals surface area contributed by atoms with E-state index in [0.29, 0.717) is 23.9 Å². The van der Waals surface area contributed by atoms with Crippen molar-refractivity contribution in [2.75, 3.05) is 13.1 Å². The van der Waals surface area contributed by atoms with Crippen LogP contribution in [0.5, 0.6) is 0 Å². The second-order valence-electron chi connectivity index (χ2n) is 6.47. The minimum absolute atomic E-state index is 0.0507. The van der Waals surface area contributed by atoms with Crippen LogP contribution in [0.15, 0.2) is 35.2 Å². The lowest BCUT2D eigenvalue weighted by Gasteiger charge is -2.16. The summed E-state index contributed by atoms with van der Waals surface area (Å²) in [7, 11) is -3.37. The van der Waals surface area contributed by atoms with Crippen LogP contribution in [0.3, 0.4) is 0 Å². The zero-order valence-electron chi connectivity index (χ0n) is 14.0. The lowest BCUT2D eigenvalue weighted by molar-refractivity contribution is 0.282. The average Bonchev–Trinajstić information content (AvgIpc) is 3.15. The first-order valence-corrected chi connectivity index (χ1v) is 10.4. The summed E-state index contributed by atoms with van der Waals surface area (Å²) in [6, 6.07) is 9.69. The highest BCUT2D eigenvalue weighted by atomic mass is 32.2. The normalized spacial score (nSPS) is 19.0. The monoisotopic (exact) mass is 365 g/mol. The van der Waals surface area contributed by atoms with Gasteiger partial charge in [0.1, 0.15) is 0 Å². The molecular weight excluding hydrogens is 342 g/mol. The zero-order chi connectivity index (χ0) is 17.3. The Morgan fingerprint density at radius 3 is 2.46 bits per heavy atom. The molecule has 2 aromatic rings. The largest absolute Gasteiger partial charge is 0.392 e. The van der Waals surface area contributed by atoms with E-state index in [9.17, 15) is 8.42 Å². The van der Waals surface area contributed by atoms with Crippen LogP contribution in [0.25, 0.3) is 0 Å². The van der Waals surface area contributed by atoms with E-state index in [0.717, 1.165) is 28.2 Å². The first kappa shape index (κ1) is 17.6. The smallest absolute Gasteiger partial charge is 0.244 e.